The largest absolute Gasteiger partial charge is 0.417 e. The third-order valence-corrected chi connectivity index (χ3v) is 3.60. The molecule has 0 atom stereocenters. The second-order valence-electron chi connectivity index (χ2n) is 5.22. The predicted molar refractivity (Wildman–Crippen MR) is 89.8 cm³/mol. The van der Waals surface area contributed by atoms with Gasteiger partial charge in [-0.1, -0.05) is 24.9 Å². The van der Waals surface area contributed by atoms with Crippen molar-refractivity contribution in [2.24, 2.45) is 0 Å². The summed E-state index contributed by atoms with van der Waals surface area (Å²) in [4.78, 5) is 20.0. The number of aromatic nitrogens is 2. The molecule has 1 heterocycles. The summed E-state index contributed by atoms with van der Waals surface area (Å²) in [6.07, 6.45) is -1.45. The maximum absolute atomic E-state index is 12.9. The van der Waals surface area contributed by atoms with Crippen LogP contribution in [-0.4, -0.2) is 22.4 Å². The van der Waals surface area contributed by atoms with Crippen molar-refractivity contribution >= 4 is 29.0 Å². The number of carbonyl (C=O) groups is 1. The molecule has 0 aliphatic heterocycles. The Labute approximate surface area is 147 Å². The smallest absolute Gasteiger partial charge is 0.370 e. The molecule has 0 aliphatic rings. The fourth-order valence-corrected chi connectivity index (χ4v) is 2.21. The summed E-state index contributed by atoms with van der Waals surface area (Å²) in [6, 6.07) is 4.59. The van der Waals surface area contributed by atoms with Crippen molar-refractivity contribution in [3.8, 4) is 0 Å². The van der Waals surface area contributed by atoms with Gasteiger partial charge < -0.3 is 10.6 Å². The number of rotatable bonds is 6. The van der Waals surface area contributed by atoms with Crippen LogP contribution in [0.2, 0.25) is 5.02 Å². The molecule has 0 radical (unpaired) electrons. The van der Waals surface area contributed by atoms with E-state index in [1.807, 2.05) is 6.92 Å². The van der Waals surface area contributed by atoms with E-state index in [1.165, 1.54) is 18.5 Å². The van der Waals surface area contributed by atoms with Crippen LogP contribution in [0.3, 0.4) is 0 Å². The zero-order valence-electron chi connectivity index (χ0n) is 13.3. The van der Waals surface area contributed by atoms with Crippen LogP contribution < -0.4 is 10.6 Å². The summed E-state index contributed by atoms with van der Waals surface area (Å²) >= 11 is 5.55. The number of carbonyl (C=O) groups excluding carboxylic acids is 1. The molecule has 0 saturated heterocycles. The number of nitrogens with one attached hydrogen (secondary N) is 2. The number of anilines is 2. The van der Waals surface area contributed by atoms with Crippen molar-refractivity contribution in [1.82, 2.24) is 9.97 Å². The molecule has 2 N–H and O–H groups in total. The van der Waals surface area contributed by atoms with E-state index in [0.717, 1.165) is 25.0 Å². The molecule has 1 aromatic heterocycles. The van der Waals surface area contributed by atoms with Gasteiger partial charge in [0, 0.05) is 18.3 Å². The first-order valence-corrected chi connectivity index (χ1v) is 7.93. The average Bonchev–Trinajstić information content (AvgIpc) is 2.56. The maximum atomic E-state index is 12.9. The topological polar surface area (TPSA) is 66.9 Å². The van der Waals surface area contributed by atoms with Crippen LogP contribution in [-0.2, 0) is 6.18 Å². The number of unbranched alkanes of at least 4 members (excludes halogenated alkanes) is 1. The number of alkyl halides is 3. The van der Waals surface area contributed by atoms with Crippen molar-refractivity contribution in [1.29, 1.82) is 0 Å². The Bertz CT molecular complexity index is 752. The monoisotopic (exact) mass is 372 g/mol. The van der Waals surface area contributed by atoms with E-state index in [9.17, 15) is 18.0 Å². The van der Waals surface area contributed by atoms with Crippen molar-refractivity contribution < 1.29 is 18.0 Å². The fraction of sp³-hybridized carbons (Fsp3) is 0.312. The Balaban J connectivity index is 2.13. The van der Waals surface area contributed by atoms with Gasteiger partial charge in [0.25, 0.3) is 5.91 Å². The molecular weight excluding hydrogens is 357 g/mol. The molecule has 1 aromatic carbocycles. The third-order valence-electron chi connectivity index (χ3n) is 3.27. The van der Waals surface area contributed by atoms with Crippen LogP contribution in [0, 0.1) is 0 Å². The maximum Gasteiger partial charge on any atom is 0.417 e. The van der Waals surface area contributed by atoms with Crippen LogP contribution in [0.25, 0.3) is 0 Å². The van der Waals surface area contributed by atoms with Gasteiger partial charge in [0.15, 0.2) is 0 Å². The minimum absolute atomic E-state index is 0.0270. The van der Waals surface area contributed by atoms with E-state index in [0.29, 0.717) is 12.4 Å². The summed E-state index contributed by atoms with van der Waals surface area (Å²) in [5.74, 6) is -0.169. The highest BCUT2D eigenvalue weighted by atomic mass is 35.5. The van der Waals surface area contributed by atoms with Gasteiger partial charge in [-0.2, -0.15) is 13.2 Å². The van der Waals surface area contributed by atoms with Gasteiger partial charge in [0.05, 0.1) is 10.6 Å². The third kappa shape index (κ3) is 5.32. The lowest BCUT2D eigenvalue weighted by Gasteiger charge is -2.12. The van der Waals surface area contributed by atoms with Gasteiger partial charge in [-0.05, 0) is 24.6 Å². The predicted octanol–water partition coefficient (Wildman–Crippen LogP) is 4.61. The molecule has 9 heteroatoms. The molecule has 0 aliphatic carbocycles. The molecule has 1 amide bonds. The molecule has 0 fully saturated rings. The molecule has 0 bridgehead atoms. The summed E-state index contributed by atoms with van der Waals surface area (Å²) in [6.45, 7) is 2.74. The van der Waals surface area contributed by atoms with E-state index >= 15 is 0 Å². The fourth-order valence-electron chi connectivity index (χ4n) is 1.99. The number of halogens is 4. The molecule has 0 saturated carbocycles. The number of hydrogen-bond donors (Lipinski definition) is 2. The summed E-state index contributed by atoms with van der Waals surface area (Å²) in [5.41, 5.74) is -1.00. The summed E-state index contributed by atoms with van der Waals surface area (Å²) < 4.78 is 38.6. The minimum Gasteiger partial charge on any atom is -0.370 e. The second kappa shape index (κ2) is 8.15. The highest BCUT2D eigenvalue weighted by Crippen LogP contribution is 2.36. The Morgan fingerprint density at radius 2 is 2.00 bits per heavy atom. The van der Waals surface area contributed by atoms with E-state index in [2.05, 4.69) is 20.6 Å². The average molecular weight is 373 g/mol. The van der Waals surface area contributed by atoms with Gasteiger partial charge >= 0.3 is 6.18 Å². The minimum atomic E-state index is -4.61. The molecule has 5 nitrogen and oxygen atoms in total. The first kappa shape index (κ1) is 19.0. The molecule has 2 aromatic rings. The van der Waals surface area contributed by atoms with Gasteiger partial charge in [0.2, 0.25) is 0 Å². The Hall–Kier alpha value is -2.35. The van der Waals surface area contributed by atoms with Crippen molar-refractivity contribution in [2.75, 3.05) is 17.2 Å². The quantitative estimate of drug-likeness (QED) is 0.726. The summed E-state index contributed by atoms with van der Waals surface area (Å²) in [7, 11) is 0. The van der Waals surface area contributed by atoms with Crippen molar-refractivity contribution in [2.45, 2.75) is 25.9 Å². The van der Waals surface area contributed by atoms with Crippen LogP contribution in [0.15, 0.2) is 30.6 Å². The van der Waals surface area contributed by atoms with E-state index in [4.69, 9.17) is 11.6 Å². The Kier molecular flexibility index (Phi) is 6.19. The molecule has 25 heavy (non-hydrogen) atoms. The standard InChI is InChI=1S/C16H16ClF3N4O/c1-2-3-6-21-14-8-13(22-9-23-14)15(25)24-10-4-5-12(17)11(7-10)16(18,19)20/h4-5,7-9H,2-3,6H2,1H3,(H,24,25)(H,21,22,23). The Morgan fingerprint density at radius 1 is 1.24 bits per heavy atom. The van der Waals surface area contributed by atoms with Gasteiger partial charge in [-0.25, -0.2) is 9.97 Å². The molecule has 2 rings (SSSR count). The van der Waals surface area contributed by atoms with Gasteiger partial charge in [-0.3, -0.25) is 4.79 Å². The number of nitrogens with zero attached hydrogens (tertiary/aromatic N) is 2. The number of hydrogen-bond acceptors (Lipinski definition) is 4. The first-order valence-electron chi connectivity index (χ1n) is 7.55. The zero-order chi connectivity index (χ0) is 18.4. The molecular formula is C16H16ClF3N4O. The van der Waals surface area contributed by atoms with Crippen LogP contribution in [0.1, 0.15) is 35.8 Å². The highest BCUT2D eigenvalue weighted by Gasteiger charge is 2.33. The van der Waals surface area contributed by atoms with Gasteiger partial charge in [-0.15, -0.1) is 0 Å². The molecule has 0 spiro atoms. The highest BCUT2D eigenvalue weighted by molar-refractivity contribution is 6.31. The second-order valence-corrected chi connectivity index (χ2v) is 5.62. The normalized spacial score (nSPS) is 11.2. The molecule has 0 unspecified atom stereocenters. The van der Waals surface area contributed by atoms with E-state index in [1.54, 1.807) is 0 Å². The van der Waals surface area contributed by atoms with Crippen molar-refractivity contribution in [3.05, 3.63) is 46.9 Å². The lowest BCUT2D eigenvalue weighted by atomic mass is 10.2. The van der Waals surface area contributed by atoms with Crippen LogP contribution in [0.5, 0.6) is 0 Å². The number of benzene rings is 1. The molecule has 134 valence electrons. The van der Waals surface area contributed by atoms with Crippen LogP contribution in [0.4, 0.5) is 24.7 Å². The lowest BCUT2D eigenvalue weighted by molar-refractivity contribution is -0.137. The van der Waals surface area contributed by atoms with Crippen molar-refractivity contribution in [3.63, 3.8) is 0 Å². The first-order chi connectivity index (χ1) is 11.8. The van der Waals surface area contributed by atoms with E-state index in [-0.39, 0.29) is 11.4 Å². The SMILES string of the molecule is CCCCNc1cc(C(=O)Nc2ccc(Cl)c(C(F)(F)F)c2)ncn1. The Morgan fingerprint density at radius 3 is 2.68 bits per heavy atom. The van der Waals surface area contributed by atoms with E-state index < -0.39 is 22.7 Å². The van der Waals surface area contributed by atoms with Gasteiger partial charge in [0.1, 0.15) is 17.8 Å². The number of amides is 1. The lowest BCUT2D eigenvalue weighted by Crippen LogP contribution is -2.16. The zero-order valence-corrected chi connectivity index (χ0v) is 14.1. The summed E-state index contributed by atoms with van der Waals surface area (Å²) in [5, 5.41) is 4.99. The van der Waals surface area contributed by atoms with Crippen LogP contribution >= 0.6 is 11.6 Å².